The third-order valence-electron chi connectivity index (χ3n) is 3.35. The Hall–Kier alpha value is -3.16. The van der Waals surface area contributed by atoms with E-state index >= 15 is 0 Å². The molecule has 96 valence electrons. The minimum Gasteiger partial charge on any atom is -0.254 e. The summed E-state index contributed by atoms with van der Waals surface area (Å²) in [6, 6.07) is 0. The third-order valence-corrected chi connectivity index (χ3v) is 3.35. The molecule has 0 aliphatic heterocycles. The molecule has 5 rings (SSSR count). The van der Waals surface area contributed by atoms with Gasteiger partial charge in [0.05, 0.1) is 0 Å². The molecular weight excluding hydrogens is 256 g/mol. The molecule has 0 saturated heterocycles. The van der Waals surface area contributed by atoms with E-state index in [1.54, 1.807) is 24.8 Å². The first-order valence-electron chi connectivity index (χ1n) is 6.08. The summed E-state index contributed by atoms with van der Waals surface area (Å²) in [5.74, 6) is 2.96. The van der Waals surface area contributed by atoms with E-state index in [-0.39, 0.29) is 0 Å². The van der Waals surface area contributed by atoms with Crippen molar-refractivity contribution in [1.29, 1.82) is 0 Å². The molecule has 0 aliphatic carbocycles. The van der Waals surface area contributed by atoms with E-state index in [2.05, 4.69) is 19.9 Å². The van der Waals surface area contributed by atoms with Crippen molar-refractivity contribution in [1.82, 2.24) is 37.5 Å². The summed E-state index contributed by atoms with van der Waals surface area (Å²) < 4.78 is 7.62. The number of aromatic nitrogens is 8. The monoisotopic (exact) mass is 264 g/mol. The van der Waals surface area contributed by atoms with Gasteiger partial charge in [0.15, 0.2) is 0 Å². The second-order valence-electron chi connectivity index (χ2n) is 4.39. The molecule has 5 aromatic heterocycles. The van der Waals surface area contributed by atoms with Gasteiger partial charge in [-0.2, -0.15) is 0 Å². The molecule has 20 heavy (non-hydrogen) atoms. The van der Waals surface area contributed by atoms with Gasteiger partial charge in [0.25, 0.3) is 0 Å². The average molecular weight is 264 g/mol. The van der Waals surface area contributed by atoms with Gasteiger partial charge in [-0.3, -0.25) is 17.6 Å². The largest absolute Gasteiger partial charge is 0.254 e. The Morgan fingerprint density at radius 2 is 0.700 bits per heavy atom. The summed E-state index contributed by atoms with van der Waals surface area (Å²) in [7, 11) is 0. The first-order valence-corrected chi connectivity index (χ1v) is 6.08. The Morgan fingerprint density at radius 3 is 0.950 bits per heavy atom. The van der Waals surface area contributed by atoms with Gasteiger partial charge in [-0.15, -0.1) is 0 Å². The van der Waals surface area contributed by atoms with Crippen molar-refractivity contribution in [2.75, 3.05) is 0 Å². The molecule has 0 N–H and O–H groups in total. The minimum atomic E-state index is 0.740. The van der Waals surface area contributed by atoms with Gasteiger partial charge < -0.3 is 0 Å². The molecule has 0 radical (unpaired) electrons. The molecule has 8 heteroatoms. The molecule has 0 fully saturated rings. The molecule has 0 saturated carbocycles. The van der Waals surface area contributed by atoms with Crippen molar-refractivity contribution in [3.05, 3.63) is 49.6 Å². The first-order chi connectivity index (χ1) is 9.93. The van der Waals surface area contributed by atoms with Crippen molar-refractivity contribution < 1.29 is 0 Å². The van der Waals surface area contributed by atoms with E-state index in [4.69, 9.17) is 0 Å². The summed E-state index contributed by atoms with van der Waals surface area (Å²) in [6.07, 6.45) is 14.5. The van der Waals surface area contributed by atoms with E-state index in [0.29, 0.717) is 0 Å². The molecule has 0 aromatic carbocycles. The lowest BCUT2D eigenvalue weighted by Gasteiger charge is -2.01. The van der Waals surface area contributed by atoms with Gasteiger partial charge in [0.1, 0.15) is 0 Å². The number of hydrogen-bond donors (Lipinski definition) is 0. The number of hydrogen-bond acceptors (Lipinski definition) is 4. The van der Waals surface area contributed by atoms with Crippen LogP contribution in [-0.2, 0) is 0 Å². The Bertz CT molecular complexity index is 809. The van der Waals surface area contributed by atoms with E-state index in [1.807, 2.05) is 42.4 Å². The SMILES string of the molecule is c1cn2c(n1)n1ccnc1n1ccnc1n1ccnc21. The standard InChI is InChI=1S/C12H8N8/c1-5-17-9(13-1)18-6-2-15-11(18)20-8-4-16-12(20)19-7-3-14-10(17)19/h1-8H. The van der Waals surface area contributed by atoms with E-state index in [0.717, 1.165) is 23.1 Å². The lowest BCUT2D eigenvalue weighted by Crippen LogP contribution is -2.02. The van der Waals surface area contributed by atoms with Gasteiger partial charge >= 0.3 is 0 Å². The third kappa shape index (κ3) is 1.02. The maximum absolute atomic E-state index is 4.41. The van der Waals surface area contributed by atoms with Gasteiger partial charge in [0, 0.05) is 49.6 Å². The molecular formula is C12H8N8. The summed E-state index contributed by atoms with van der Waals surface area (Å²) in [5, 5.41) is 0. The fourth-order valence-electron chi connectivity index (χ4n) is 2.52. The van der Waals surface area contributed by atoms with Gasteiger partial charge in [-0.05, 0) is 0 Å². The second kappa shape index (κ2) is 3.23. The number of imidazole rings is 4. The Morgan fingerprint density at radius 1 is 0.450 bits per heavy atom. The van der Waals surface area contributed by atoms with Crippen LogP contribution in [0.2, 0.25) is 0 Å². The fraction of sp³-hybridized carbons (Fsp3) is 0. The molecule has 0 amide bonds. The molecule has 8 nitrogen and oxygen atoms in total. The highest BCUT2D eigenvalue weighted by Crippen LogP contribution is 2.11. The van der Waals surface area contributed by atoms with Crippen LogP contribution in [0.5, 0.6) is 0 Å². The van der Waals surface area contributed by atoms with Crippen LogP contribution in [0.25, 0.3) is 23.1 Å². The zero-order valence-electron chi connectivity index (χ0n) is 10.2. The highest BCUT2D eigenvalue weighted by molar-refractivity contribution is 5.53. The quantitative estimate of drug-likeness (QED) is 0.415. The predicted octanol–water partition coefficient (Wildman–Crippen LogP) is 0.840. The van der Waals surface area contributed by atoms with Gasteiger partial charge in [-0.1, -0.05) is 0 Å². The maximum atomic E-state index is 4.41. The van der Waals surface area contributed by atoms with Crippen LogP contribution in [0.3, 0.4) is 0 Å². The Kier molecular flexibility index (Phi) is 1.57. The van der Waals surface area contributed by atoms with Crippen LogP contribution >= 0.6 is 0 Å². The topological polar surface area (TPSA) is 69.2 Å². The molecule has 0 spiro atoms. The van der Waals surface area contributed by atoms with Crippen molar-refractivity contribution in [3.63, 3.8) is 0 Å². The molecule has 0 bridgehead atoms. The van der Waals surface area contributed by atoms with Crippen LogP contribution < -0.4 is 0 Å². The smallest absolute Gasteiger partial charge is 0.223 e. The van der Waals surface area contributed by atoms with Crippen molar-refractivity contribution in [2.45, 2.75) is 0 Å². The average Bonchev–Trinajstić information content (AvgIpc) is 3.21. The molecule has 0 aliphatic rings. The summed E-state index contributed by atoms with van der Waals surface area (Å²) in [5.41, 5.74) is 0. The van der Waals surface area contributed by atoms with Crippen LogP contribution in [0.15, 0.2) is 49.6 Å². The van der Waals surface area contributed by atoms with Crippen molar-refractivity contribution >= 4 is 23.1 Å². The lowest BCUT2D eigenvalue weighted by atomic mass is 10.8. The van der Waals surface area contributed by atoms with Gasteiger partial charge in [-0.25, -0.2) is 19.9 Å². The summed E-state index contributed by atoms with van der Waals surface area (Å²) >= 11 is 0. The highest BCUT2D eigenvalue weighted by Gasteiger charge is 2.09. The van der Waals surface area contributed by atoms with Crippen LogP contribution in [0, 0.1) is 0 Å². The first kappa shape index (κ1) is 9.73. The Labute approximate surface area is 111 Å². The van der Waals surface area contributed by atoms with Crippen molar-refractivity contribution in [3.8, 4) is 0 Å². The van der Waals surface area contributed by atoms with Crippen LogP contribution in [-0.4, -0.2) is 37.5 Å². The number of nitrogens with zero attached hydrogens (tertiary/aromatic N) is 8. The fourth-order valence-corrected chi connectivity index (χ4v) is 2.52. The molecule has 5 heterocycles. The number of fused-ring (bicyclic) bond motifs is 8. The van der Waals surface area contributed by atoms with Crippen LogP contribution in [0.4, 0.5) is 0 Å². The van der Waals surface area contributed by atoms with E-state index < -0.39 is 0 Å². The lowest BCUT2D eigenvalue weighted by molar-refractivity contribution is 0.978. The molecule has 0 unspecified atom stereocenters. The maximum Gasteiger partial charge on any atom is 0.223 e. The summed E-state index contributed by atoms with van der Waals surface area (Å²) in [6.45, 7) is 0. The normalized spacial score (nSPS) is 12.0. The number of rotatable bonds is 0. The van der Waals surface area contributed by atoms with E-state index in [1.165, 1.54) is 0 Å². The minimum absolute atomic E-state index is 0.740. The molecule has 5 aromatic rings. The highest BCUT2D eigenvalue weighted by atomic mass is 15.3. The second-order valence-corrected chi connectivity index (χ2v) is 4.39. The van der Waals surface area contributed by atoms with Crippen LogP contribution in [0.1, 0.15) is 0 Å². The predicted molar refractivity (Wildman–Crippen MR) is 70.3 cm³/mol. The summed E-state index contributed by atoms with van der Waals surface area (Å²) in [4.78, 5) is 17.6. The molecule has 0 atom stereocenters. The zero-order valence-corrected chi connectivity index (χ0v) is 10.2. The Balaban J connectivity index is 2.33. The zero-order chi connectivity index (χ0) is 13.1. The van der Waals surface area contributed by atoms with Gasteiger partial charge in [0.2, 0.25) is 23.1 Å². The van der Waals surface area contributed by atoms with Crippen molar-refractivity contribution in [2.24, 2.45) is 0 Å². The van der Waals surface area contributed by atoms with E-state index in [9.17, 15) is 0 Å².